The van der Waals surface area contributed by atoms with Crippen LogP contribution in [0.25, 0.3) is 0 Å². The lowest BCUT2D eigenvalue weighted by molar-refractivity contribution is -0.137. The first-order valence-corrected chi connectivity index (χ1v) is 16.5. The van der Waals surface area contributed by atoms with Gasteiger partial charge in [0.15, 0.2) is 9.84 Å². The number of aromatic nitrogens is 2. The molecule has 0 bridgehead atoms. The van der Waals surface area contributed by atoms with Gasteiger partial charge in [-0.05, 0) is 68.7 Å². The number of hydrogen-bond acceptors (Lipinski definition) is 10. The number of halogens is 3. The molecule has 242 valence electrons. The monoisotopic (exact) mass is 647 g/mol. The van der Waals surface area contributed by atoms with Gasteiger partial charge in [-0.1, -0.05) is 24.3 Å². The largest absolute Gasteiger partial charge is 0.495 e. The molecule has 2 aromatic carbocycles. The number of piperidine rings is 1. The first-order chi connectivity index (χ1) is 21.3. The maximum atomic E-state index is 14.1. The Hall–Kier alpha value is -3.95. The molecule has 0 radical (unpaired) electrons. The van der Waals surface area contributed by atoms with Gasteiger partial charge in [0.2, 0.25) is 11.9 Å². The molecular weight excluding hydrogens is 611 g/mol. The second-order valence-corrected chi connectivity index (χ2v) is 13.6. The molecule has 4 N–H and O–H groups in total. The molecule has 5 rings (SSSR count). The number of ether oxygens (including phenoxy) is 1. The van der Waals surface area contributed by atoms with E-state index >= 15 is 0 Å². The van der Waals surface area contributed by atoms with Gasteiger partial charge in [-0.2, -0.15) is 18.2 Å². The molecule has 2 heterocycles. The van der Waals surface area contributed by atoms with Crippen molar-refractivity contribution in [2.75, 3.05) is 55.3 Å². The Morgan fingerprint density at radius 2 is 1.87 bits per heavy atom. The third kappa shape index (κ3) is 8.02. The Labute approximate surface area is 259 Å². The number of carbonyl (C=O) groups excluding carboxylic acids is 1. The number of fused-ring (bicyclic) bond motifs is 1. The van der Waals surface area contributed by atoms with Crippen LogP contribution in [0.3, 0.4) is 0 Å². The summed E-state index contributed by atoms with van der Waals surface area (Å²) in [7, 11) is 0.0541. The second-order valence-electron chi connectivity index (χ2n) is 11.5. The van der Waals surface area contributed by atoms with Crippen molar-refractivity contribution in [1.82, 2.24) is 20.2 Å². The van der Waals surface area contributed by atoms with Crippen molar-refractivity contribution in [3.8, 4) is 5.75 Å². The highest BCUT2D eigenvalue weighted by Crippen LogP contribution is 2.39. The maximum Gasteiger partial charge on any atom is 0.421 e. The minimum absolute atomic E-state index is 0.104. The third-order valence-electron chi connectivity index (χ3n) is 8.02. The Kier molecular flexibility index (Phi) is 9.51. The van der Waals surface area contributed by atoms with Crippen molar-refractivity contribution in [2.24, 2.45) is 5.92 Å². The van der Waals surface area contributed by atoms with Gasteiger partial charge in [-0.3, -0.25) is 10.1 Å². The van der Waals surface area contributed by atoms with Gasteiger partial charge in [-0.25, -0.2) is 13.4 Å². The van der Waals surface area contributed by atoms with Gasteiger partial charge in [0.1, 0.15) is 17.1 Å². The summed E-state index contributed by atoms with van der Waals surface area (Å²) in [4.78, 5) is 23.2. The average Bonchev–Trinajstić information content (AvgIpc) is 3.32. The van der Waals surface area contributed by atoms with Crippen molar-refractivity contribution in [2.45, 2.75) is 37.5 Å². The van der Waals surface area contributed by atoms with Crippen molar-refractivity contribution in [3.63, 3.8) is 0 Å². The summed E-state index contributed by atoms with van der Waals surface area (Å²) in [6, 6.07) is 11.0. The zero-order valence-corrected chi connectivity index (χ0v) is 25.9. The molecule has 2 atom stereocenters. The summed E-state index contributed by atoms with van der Waals surface area (Å²) in [6.45, 7) is 1.66. The molecule has 0 unspecified atom stereocenters. The quantitative estimate of drug-likeness (QED) is 0.254. The Bertz CT molecular complexity index is 1650. The van der Waals surface area contributed by atoms with Crippen LogP contribution in [-0.4, -0.2) is 74.6 Å². The van der Waals surface area contributed by atoms with E-state index in [9.17, 15) is 26.4 Å². The average molecular weight is 648 g/mol. The molecule has 45 heavy (non-hydrogen) atoms. The van der Waals surface area contributed by atoms with Gasteiger partial charge in [-0.15, -0.1) is 0 Å². The molecule has 3 aromatic rings. The molecule has 1 saturated heterocycles. The summed E-state index contributed by atoms with van der Waals surface area (Å²) >= 11 is 0. The number of amides is 1. The summed E-state index contributed by atoms with van der Waals surface area (Å²) < 4.78 is 71.6. The SMILES string of the molecule is COc1ccc(NC(=O)C2CCN(C)CC2)cc1Nc1ncc(C(F)(F)F)c(N[C@@H]2Cc3ccccc3[C@H]2NCS(C)(=O)=O)n1. The minimum Gasteiger partial charge on any atom is -0.495 e. The maximum absolute atomic E-state index is 14.1. The van der Waals surface area contributed by atoms with Crippen LogP contribution in [-0.2, 0) is 27.2 Å². The second kappa shape index (κ2) is 13.2. The fourth-order valence-electron chi connectivity index (χ4n) is 5.68. The zero-order chi connectivity index (χ0) is 32.4. The Morgan fingerprint density at radius 1 is 1.13 bits per heavy atom. The molecule has 0 spiro atoms. The lowest BCUT2D eigenvalue weighted by Gasteiger charge is -2.28. The van der Waals surface area contributed by atoms with Crippen LogP contribution < -0.4 is 26.0 Å². The number of nitrogens with zero attached hydrogens (tertiary/aromatic N) is 3. The number of nitrogens with one attached hydrogen (secondary N) is 4. The van der Waals surface area contributed by atoms with E-state index in [4.69, 9.17) is 4.74 Å². The highest BCUT2D eigenvalue weighted by atomic mass is 32.2. The first-order valence-electron chi connectivity index (χ1n) is 14.4. The molecule has 1 aliphatic carbocycles. The number of alkyl halides is 3. The topological polar surface area (TPSA) is 138 Å². The number of methoxy groups -OCH3 is 1. The van der Waals surface area contributed by atoms with Gasteiger partial charge in [0, 0.05) is 24.1 Å². The van der Waals surface area contributed by atoms with E-state index in [1.165, 1.54) is 7.11 Å². The molecule has 0 saturated carbocycles. The molecule has 1 aromatic heterocycles. The van der Waals surface area contributed by atoms with Crippen molar-refractivity contribution < 1.29 is 31.1 Å². The van der Waals surface area contributed by atoms with Crippen LogP contribution in [0.4, 0.5) is 36.3 Å². The van der Waals surface area contributed by atoms with Crippen LogP contribution in [0.2, 0.25) is 0 Å². The van der Waals surface area contributed by atoms with Crippen LogP contribution >= 0.6 is 0 Å². The highest BCUT2D eigenvalue weighted by Gasteiger charge is 2.39. The van der Waals surface area contributed by atoms with Crippen molar-refractivity contribution in [3.05, 3.63) is 65.4 Å². The fourth-order valence-corrected chi connectivity index (χ4v) is 6.16. The number of carbonyl (C=O) groups is 1. The molecule has 15 heteroatoms. The van der Waals surface area contributed by atoms with E-state index < -0.39 is 39.5 Å². The number of hydrogen-bond donors (Lipinski definition) is 4. The highest BCUT2D eigenvalue weighted by molar-refractivity contribution is 7.90. The summed E-state index contributed by atoms with van der Waals surface area (Å²) in [5, 5.41) is 11.8. The minimum atomic E-state index is -4.77. The normalized spacial score (nSPS) is 19.2. The van der Waals surface area contributed by atoms with Crippen LogP contribution in [0.5, 0.6) is 5.75 Å². The van der Waals surface area contributed by atoms with Crippen LogP contribution in [0, 0.1) is 5.92 Å². The van der Waals surface area contributed by atoms with Gasteiger partial charge in [0.25, 0.3) is 0 Å². The summed E-state index contributed by atoms with van der Waals surface area (Å²) in [5.74, 6) is -0.815. The summed E-state index contributed by atoms with van der Waals surface area (Å²) in [6.07, 6.45) is -1.16. The number of likely N-dealkylation sites (tertiary alicyclic amines) is 1. The Balaban J connectivity index is 1.40. The fraction of sp³-hybridized carbons (Fsp3) is 0.433. The molecular formula is C30H36F3N7O4S. The number of sulfone groups is 1. The number of benzene rings is 2. The molecule has 11 nitrogen and oxygen atoms in total. The van der Waals surface area contributed by atoms with Gasteiger partial charge < -0.3 is 25.6 Å². The van der Waals surface area contributed by atoms with E-state index in [0.29, 0.717) is 29.7 Å². The first kappa shape index (κ1) is 32.4. The number of anilines is 4. The van der Waals surface area contributed by atoms with Crippen LogP contribution in [0.1, 0.15) is 35.6 Å². The lowest BCUT2D eigenvalue weighted by atomic mass is 9.96. The van der Waals surface area contributed by atoms with E-state index in [1.54, 1.807) is 24.3 Å². The van der Waals surface area contributed by atoms with Gasteiger partial charge in [0.05, 0.1) is 30.8 Å². The van der Waals surface area contributed by atoms with Crippen molar-refractivity contribution >= 4 is 38.9 Å². The van der Waals surface area contributed by atoms with Gasteiger partial charge >= 0.3 is 6.18 Å². The molecule has 1 fully saturated rings. The predicted molar refractivity (Wildman–Crippen MR) is 165 cm³/mol. The number of rotatable bonds is 10. The lowest BCUT2D eigenvalue weighted by Crippen LogP contribution is -2.37. The predicted octanol–water partition coefficient (Wildman–Crippen LogP) is 4.20. The standard InChI is InChI=1S/C30H36F3N7O4S/c1-40-12-10-18(11-13-40)28(41)36-20-8-9-25(44-2)23(15-20)38-29-34-16-22(30(31,32)33)27(39-29)37-24-14-19-6-4-5-7-21(19)26(24)35-17-45(3,42)43/h4-9,15-16,18,24,26,35H,10-14,17H2,1-3H3,(H,36,41)(H2,34,37,38,39)/t24-,26-/m1/s1. The summed E-state index contributed by atoms with van der Waals surface area (Å²) in [5.41, 5.74) is 1.42. The van der Waals surface area contributed by atoms with E-state index in [-0.39, 0.29) is 23.7 Å². The zero-order valence-electron chi connectivity index (χ0n) is 25.1. The molecule has 1 amide bonds. The van der Waals surface area contributed by atoms with Crippen LogP contribution in [0.15, 0.2) is 48.7 Å². The van der Waals surface area contributed by atoms with E-state index in [2.05, 4.69) is 36.1 Å². The van der Waals surface area contributed by atoms with Crippen molar-refractivity contribution in [1.29, 1.82) is 0 Å². The molecule has 2 aliphatic rings. The molecule has 1 aliphatic heterocycles. The van der Waals surface area contributed by atoms with E-state index in [1.807, 2.05) is 25.2 Å². The Morgan fingerprint density at radius 3 is 2.56 bits per heavy atom. The smallest absolute Gasteiger partial charge is 0.421 e. The van der Waals surface area contributed by atoms with E-state index in [0.717, 1.165) is 43.3 Å². The third-order valence-corrected chi connectivity index (χ3v) is 8.71.